The van der Waals surface area contributed by atoms with Gasteiger partial charge < -0.3 is 0 Å². The molecule has 0 unspecified atom stereocenters. The van der Waals surface area contributed by atoms with Gasteiger partial charge in [0.2, 0.25) is 0 Å². The van der Waals surface area contributed by atoms with Gasteiger partial charge in [-0.2, -0.15) is 0 Å². The van der Waals surface area contributed by atoms with Crippen molar-refractivity contribution in [1.29, 1.82) is 0 Å². The van der Waals surface area contributed by atoms with Crippen molar-refractivity contribution in [2.45, 2.75) is 45.1 Å². The number of hydrogen-bond acceptors (Lipinski definition) is 0. The topological polar surface area (TPSA) is 3.01 Å². The molecule has 1 spiro atoms. The highest BCUT2D eigenvalue weighted by atomic mass is 15.2. The van der Waals surface area contributed by atoms with Gasteiger partial charge in [-0.15, -0.1) is 0 Å². The van der Waals surface area contributed by atoms with Gasteiger partial charge in [0, 0.05) is 18.4 Å². The van der Waals surface area contributed by atoms with E-state index < -0.39 is 0 Å². The van der Waals surface area contributed by atoms with E-state index in [0.29, 0.717) is 16.4 Å². The Kier molecular flexibility index (Phi) is 1.64. The summed E-state index contributed by atoms with van der Waals surface area (Å²) in [6.45, 7) is 6.36. The minimum Gasteiger partial charge on any atom is -0.226 e. The Balaban J connectivity index is 2.02. The lowest BCUT2D eigenvalue weighted by Gasteiger charge is -2.51. The first-order chi connectivity index (χ1) is 8.12. The minimum atomic E-state index is 0.305. The summed E-state index contributed by atoms with van der Waals surface area (Å²) in [6.07, 6.45) is 17.5. The molecule has 0 aromatic carbocycles. The van der Waals surface area contributed by atoms with Gasteiger partial charge in [-0.25, -0.2) is 4.58 Å². The van der Waals surface area contributed by atoms with E-state index in [1.54, 1.807) is 0 Å². The van der Waals surface area contributed by atoms with Gasteiger partial charge in [-0.3, -0.25) is 0 Å². The molecule has 1 saturated carbocycles. The van der Waals surface area contributed by atoms with Crippen LogP contribution in [0, 0.1) is 16.7 Å². The molecule has 1 heteroatoms. The third-order valence-corrected chi connectivity index (χ3v) is 6.71. The standard InChI is InChI=1S/C16H22N/c1-14-9-10-16-8-5-11-17(16)12-13(14)6-3-4-7-15(14,16)2/h4-5,7-8,11,13H,3,6,9-10,12H2,1-2H3/q+1/t13-,14+,15-,16+/m1/s1. The molecule has 0 amide bonds. The number of piperidine rings is 1. The van der Waals surface area contributed by atoms with Gasteiger partial charge in [0.15, 0.2) is 11.8 Å². The molecule has 2 aliphatic heterocycles. The van der Waals surface area contributed by atoms with Crippen LogP contribution >= 0.6 is 0 Å². The second-order valence-electron chi connectivity index (χ2n) is 6.88. The van der Waals surface area contributed by atoms with Crippen LogP contribution in [0.15, 0.2) is 24.3 Å². The van der Waals surface area contributed by atoms with Crippen LogP contribution in [0.5, 0.6) is 0 Å². The Labute approximate surface area is 104 Å². The summed E-state index contributed by atoms with van der Waals surface area (Å²) in [5, 5.41) is 0. The average molecular weight is 228 g/mol. The van der Waals surface area contributed by atoms with Crippen LogP contribution in [0.4, 0.5) is 0 Å². The predicted octanol–water partition coefficient (Wildman–Crippen LogP) is 3.16. The molecule has 0 aromatic heterocycles. The molecule has 0 N–H and O–H groups in total. The zero-order valence-corrected chi connectivity index (χ0v) is 10.9. The summed E-state index contributed by atoms with van der Waals surface area (Å²) in [7, 11) is 0. The highest BCUT2D eigenvalue weighted by Crippen LogP contribution is 2.68. The minimum absolute atomic E-state index is 0.305. The third kappa shape index (κ3) is 0.861. The molecular formula is C16H22N+. The highest BCUT2D eigenvalue weighted by Gasteiger charge is 2.73. The van der Waals surface area contributed by atoms with Crippen molar-refractivity contribution in [3.8, 4) is 0 Å². The predicted molar refractivity (Wildman–Crippen MR) is 70.4 cm³/mol. The second-order valence-corrected chi connectivity index (χ2v) is 6.88. The first-order valence-corrected chi connectivity index (χ1v) is 7.10. The van der Waals surface area contributed by atoms with E-state index in [9.17, 15) is 0 Å². The van der Waals surface area contributed by atoms with E-state index in [1.165, 1.54) is 32.2 Å². The Bertz CT molecular complexity index is 472. The first-order valence-electron chi connectivity index (χ1n) is 7.10. The highest BCUT2D eigenvalue weighted by molar-refractivity contribution is 5.70. The van der Waals surface area contributed by atoms with E-state index in [-0.39, 0.29) is 0 Å². The van der Waals surface area contributed by atoms with Crippen LogP contribution in [0.25, 0.3) is 0 Å². The molecule has 0 radical (unpaired) electrons. The average Bonchev–Trinajstić information content (AvgIpc) is 2.75. The number of rotatable bonds is 0. The maximum absolute atomic E-state index is 2.65. The monoisotopic (exact) mass is 228 g/mol. The summed E-state index contributed by atoms with van der Waals surface area (Å²) >= 11 is 0. The Morgan fingerprint density at radius 2 is 2.06 bits per heavy atom. The number of nitrogens with zero attached hydrogens (tertiary/aromatic N) is 1. The molecule has 1 saturated heterocycles. The normalized spacial score (nSPS) is 54.5. The lowest BCUT2D eigenvalue weighted by atomic mass is 9.54. The van der Waals surface area contributed by atoms with Crippen LogP contribution < -0.4 is 0 Å². The van der Waals surface area contributed by atoms with Crippen LogP contribution in [-0.4, -0.2) is 22.9 Å². The molecule has 4 atom stereocenters. The van der Waals surface area contributed by atoms with Gasteiger partial charge in [0.25, 0.3) is 0 Å². The summed E-state index contributed by atoms with van der Waals surface area (Å²) in [4.78, 5) is 0. The third-order valence-electron chi connectivity index (χ3n) is 6.71. The van der Waals surface area contributed by atoms with Crippen molar-refractivity contribution >= 4 is 6.21 Å². The molecule has 2 heterocycles. The maximum Gasteiger partial charge on any atom is 0.190 e. The van der Waals surface area contributed by atoms with Crippen LogP contribution in [0.1, 0.15) is 39.5 Å². The van der Waals surface area contributed by atoms with Crippen molar-refractivity contribution in [2.24, 2.45) is 16.7 Å². The second kappa shape index (κ2) is 2.76. The Morgan fingerprint density at radius 1 is 1.18 bits per heavy atom. The lowest BCUT2D eigenvalue weighted by Crippen LogP contribution is -2.60. The largest absolute Gasteiger partial charge is 0.226 e. The summed E-state index contributed by atoms with van der Waals surface area (Å²) in [5.74, 6) is 0.870. The van der Waals surface area contributed by atoms with Crippen molar-refractivity contribution < 1.29 is 4.58 Å². The van der Waals surface area contributed by atoms with Crippen molar-refractivity contribution in [2.75, 3.05) is 6.54 Å². The van der Waals surface area contributed by atoms with Gasteiger partial charge >= 0.3 is 0 Å². The molecule has 0 aromatic rings. The number of hydrogen-bond donors (Lipinski definition) is 0. The quantitative estimate of drug-likeness (QED) is 0.442. The van der Waals surface area contributed by atoms with E-state index in [2.05, 4.69) is 48.9 Å². The van der Waals surface area contributed by atoms with Crippen LogP contribution in [-0.2, 0) is 0 Å². The SMILES string of the molecule is C[C@]12C=CCC[C@@H]3C[N+]4=CC=C[C@@]41CC[C@@]32C. The molecule has 4 aliphatic rings. The molecule has 2 aliphatic carbocycles. The summed E-state index contributed by atoms with van der Waals surface area (Å²) in [5.41, 5.74) is 1.15. The van der Waals surface area contributed by atoms with Crippen molar-refractivity contribution in [3.63, 3.8) is 0 Å². The van der Waals surface area contributed by atoms with Gasteiger partial charge in [0.1, 0.15) is 6.54 Å². The Morgan fingerprint density at radius 3 is 2.94 bits per heavy atom. The zero-order chi connectivity index (χ0) is 11.7. The summed E-state index contributed by atoms with van der Waals surface area (Å²) in [6, 6.07) is 0. The lowest BCUT2D eigenvalue weighted by molar-refractivity contribution is -0.624. The fraction of sp³-hybridized carbons (Fsp3) is 0.688. The Hall–Kier alpha value is -0.850. The van der Waals surface area contributed by atoms with Crippen LogP contribution in [0.3, 0.4) is 0 Å². The molecule has 17 heavy (non-hydrogen) atoms. The fourth-order valence-electron chi connectivity index (χ4n) is 5.35. The molecular weight excluding hydrogens is 206 g/mol. The van der Waals surface area contributed by atoms with Crippen LogP contribution in [0.2, 0.25) is 0 Å². The molecule has 1 nitrogen and oxygen atoms in total. The smallest absolute Gasteiger partial charge is 0.190 e. The molecule has 4 rings (SSSR count). The van der Waals surface area contributed by atoms with Crippen molar-refractivity contribution in [1.82, 2.24) is 0 Å². The van der Waals surface area contributed by atoms with E-state index >= 15 is 0 Å². The zero-order valence-electron chi connectivity index (χ0n) is 10.9. The van der Waals surface area contributed by atoms with Crippen molar-refractivity contribution in [3.05, 3.63) is 24.3 Å². The van der Waals surface area contributed by atoms with E-state index in [0.717, 1.165) is 5.92 Å². The van der Waals surface area contributed by atoms with E-state index in [1.807, 2.05) is 0 Å². The molecule has 4 bridgehead atoms. The van der Waals surface area contributed by atoms with Gasteiger partial charge in [0.05, 0.1) is 5.41 Å². The maximum atomic E-state index is 2.65. The first kappa shape index (κ1) is 10.1. The molecule has 90 valence electrons. The summed E-state index contributed by atoms with van der Waals surface area (Å²) < 4.78 is 2.65. The van der Waals surface area contributed by atoms with E-state index in [4.69, 9.17) is 0 Å². The fourth-order valence-corrected chi connectivity index (χ4v) is 5.35. The molecule has 2 fully saturated rings. The van der Waals surface area contributed by atoms with Gasteiger partial charge in [-0.05, 0) is 37.7 Å². The number of allylic oxidation sites excluding steroid dienone is 2. The van der Waals surface area contributed by atoms with Gasteiger partial charge in [-0.1, -0.05) is 19.1 Å².